The van der Waals surface area contributed by atoms with Crippen LogP contribution in [0.5, 0.6) is 0 Å². The minimum Gasteiger partial charge on any atom is -0.165 e. The minimum atomic E-state index is 1.21. The van der Waals surface area contributed by atoms with Crippen molar-refractivity contribution in [1.82, 2.24) is 0 Å². The van der Waals surface area contributed by atoms with Gasteiger partial charge in [-0.05, 0) is 25.0 Å². The molecule has 0 unspecified atom stereocenters. The van der Waals surface area contributed by atoms with Crippen molar-refractivity contribution in [3.05, 3.63) is 25.4 Å². The van der Waals surface area contributed by atoms with Crippen LogP contribution in [-0.2, 0) is 0 Å². The molecule has 2 heterocycles. The van der Waals surface area contributed by atoms with Gasteiger partial charge in [0.05, 0.1) is 25.4 Å². The Bertz CT molecular complexity index is 512. The van der Waals surface area contributed by atoms with Gasteiger partial charge in [-0.1, -0.05) is 47.0 Å². The monoisotopic (exact) mass is 628 g/mol. The third kappa shape index (κ3) is 11.0. The highest BCUT2D eigenvalue weighted by molar-refractivity contribution is 8.45. The lowest BCUT2D eigenvalue weighted by Gasteiger charge is -2.03. The van der Waals surface area contributed by atoms with Crippen molar-refractivity contribution in [2.24, 2.45) is 0 Å². The lowest BCUT2D eigenvalue weighted by molar-refractivity contribution is 1.56. The molecule has 0 saturated carbocycles. The SMILES string of the molecule is CSCCSC1=C(SCCSC)SC(=C2SC(SCCSC)=C(SCCSC)S2)S1. The fourth-order valence-electron chi connectivity index (χ4n) is 1.94. The van der Waals surface area contributed by atoms with Gasteiger partial charge in [-0.25, -0.2) is 0 Å². The molecule has 2 aliphatic heterocycles. The molecule has 0 spiro atoms. The quantitative estimate of drug-likeness (QED) is 0.149. The topological polar surface area (TPSA) is 0 Å². The summed E-state index contributed by atoms with van der Waals surface area (Å²) in [6.45, 7) is 0. The fraction of sp³-hybridized carbons (Fsp3) is 0.667. The summed E-state index contributed by atoms with van der Waals surface area (Å²) in [6, 6.07) is 0. The normalized spacial score (nSPS) is 17.2. The highest BCUT2D eigenvalue weighted by Gasteiger charge is 2.30. The summed E-state index contributed by atoms with van der Waals surface area (Å²) in [6.07, 6.45) is 8.82. The lowest BCUT2D eigenvalue weighted by atomic mass is 11.0. The van der Waals surface area contributed by atoms with E-state index in [1.807, 2.05) is 94.1 Å². The zero-order chi connectivity index (χ0) is 21.6. The Labute approximate surface area is 234 Å². The van der Waals surface area contributed by atoms with Crippen molar-refractivity contribution < 1.29 is 0 Å². The van der Waals surface area contributed by atoms with Crippen LogP contribution in [0.3, 0.4) is 0 Å². The van der Waals surface area contributed by atoms with Gasteiger partial charge in [0.15, 0.2) is 0 Å². The molecule has 0 radical (unpaired) electrons. The van der Waals surface area contributed by atoms with Gasteiger partial charge in [0.2, 0.25) is 0 Å². The Balaban J connectivity index is 2.05. The minimum absolute atomic E-state index is 1.21. The van der Waals surface area contributed by atoms with Gasteiger partial charge in [-0.3, -0.25) is 0 Å². The molecule has 2 rings (SSSR count). The highest BCUT2D eigenvalue weighted by Crippen LogP contribution is 2.66. The fourth-order valence-corrected chi connectivity index (χ4v) is 16.8. The first kappa shape index (κ1) is 29.6. The molecule has 2 aliphatic rings. The molecule has 172 valence electrons. The van der Waals surface area contributed by atoms with Crippen molar-refractivity contribution in [3.63, 3.8) is 0 Å². The molecule has 0 N–H and O–H groups in total. The molecule has 30 heavy (non-hydrogen) atoms. The number of hydrogen-bond donors (Lipinski definition) is 0. The van der Waals surface area contributed by atoms with E-state index < -0.39 is 0 Å². The summed E-state index contributed by atoms with van der Waals surface area (Å²) >= 11 is 24.2. The maximum Gasteiger partial charge on any atom is 0.0717 e. The summed E-state index contributed by atoms with van der Waals surface area (Å²) < 4.78 is 9.22. The van der Waals surface area contributed by atoms with E-state index in [-0.39, 0.29) is 0 Å². The first-order valence-electron chi connectivity index (χ1n) is 9.14. The second-order valence-electron chi connectivity index (χ2n) is 5.50. The standard InChI is InChI=1S/C18H28S12/c1-19-5-9-23-13-14(24-10-6-20-2)28-17(27-13)18-29-15(25-11-7-21-3)16(30-18)26-12-8-22-4/h5-12H2,1-4H3. The molecular formula is C18H28S12. The highest BCUT2D eigenvalue weighted by atomic mass is 32.3. The maximum absolute atomic E-state index is 2.21. The van der Waals surface area contributed by atoms with Crippen LogP contribution in [0.2, 0.25) is 0 Å². The van der Waals surface area contributed by atoms with E-state index in [1.165, 1.54) is 54.5 Å². The van der Waals surface area contributed by atoms with E-state index in [0.717, 1.165) is 0 Å². The van der Waals surface area contributed by atoms with Gasteiger partial charge in [-0.15, -0.1) is 47.0 Å². The van der Waals surface area contributed by atoms with Crippen molar-refractivity contribution in [1.29, 1.82) is 0 Å². The Kier molecular flexibility index (Phi) is 18.4. The zero-order valence-electron chi connectivity index (χ0n) is 17.6. The lowest BCUT2D eigenvalue weighted by Crippen LogP contribution is -1.84. The molecule has 0 amide bonds. The largest absolute Gasteiger partial charge is 0.165 e. The molecule has 0 aromatic heterocycles. The van der Waals surface area contributed by atoms with E-state index in [9.17, 15) is 0 Å². The number of rotatable bonds is 16. The molecule has 0 aromatic rings. The smallest absolute Gasteiger partial charge is 0.0717 e. The Morgan fingerprint density at radius 3 is 0.833 bits per heavy atom. The zero-order valence-corrected chi connectivity index (χ0v) is 27.4. The molecule has 0 saturated heterocycles. The van der Waals surface area contributed by atoms with Crippen molar-refractivity contribution in [2.75, 3.05) is 71.0 Å². The van der Waals surface area contributed by atoms with Crippen LogP contribution in [0.15, 0.2) is 25.4 Å². The molecular weight excluding hydrogens is 601 g/mol. The third-order valence-electron chi connectivity index (χ3n) is 3.32. The second-order valence-corrected chi connectivity index (χ2v) is 19.5. The van der Waals surface area contributed by atoms with E-state index in [0.29, 0.717) is 0 Å². The molecule has 0 atom stereocenters. The molecule has 0 bridgehead atoms. The number of thioether (sulfide) groups is 12. The number of hydrogen-bond acceptors (Lipinski definition) is 12. The maximum atomic E-state index is 2.21. The summed E-state index contributed by atoms with van der Waals surface area (Å²) in [5, 5.41) is 0. The van der Waals surface area contributed by atoms with Gasteiger partial charge in [-0.2, -0.15) is 47.0 Å². The Hall–Kier alpha value is 3.42. The third-order valence-corrected chi connectivity index (χ3v) is 18.4. The van der Waals surface area contributed by atoms with Crippen LogP contribution >= 0.6 is 141 Å². The van der Waals surface area contributed by atoms with E-state index in [4.69, 9.17) is 0 Å². The van der Waals surface area contributed by atoms with E-state index >= 15 is 0 Å². The van der Waals surface area contributed by atoms with Crippen LogP contribution < -0.4 is 0 Å². The van der Waals surface area contributed by atoms with Crippen molar-refractivity contribution in [3.8, 4) is 0 Å². The van der Waals surface area contributed by atoms with Gasteiger partial charge in [0.25, 0.3) is 0 Å². The molecule has 0 nitrogen and oxygen atoms in total. The summed E-state index contributed by atoms with van der Waals surface area (Å²) in [5.74, 6) is 9.76. The molecule has 0 aromatic carbocycles. The average Bonchev–Trinajstić information content (AvgIpc) is 3.33. The Morgan fingerprint density at radius 2 is 0.633 bits per heavy atom. The Morgan fingerprint density at radius 1 is 0.400 bits per heavy atom. The van der Waals surface area contributed by atoms with E-state index in [2.05, 4.69) is 72.1 Å². The van der Waals surface area contributed by atoms with E-state index in [1.54, 1.807) is 16.9 Å². The van der Waals surface area contributed by atoms with Crippen LogP contribution in [0.1, 0.15) is 0 Å². The van der Waals surface area contributed by atoms with Gasteiger partial charge >= 0.3 is 0 Å². The molecule has 12 heteroatoms. The average molecular weight is 629 g/mol. The van der Waals surface area contributed by atoms with Crippen molar-refractivity contribution in [2.45, 2.75) is 0 Å². The van der Waals surface area contributed by atoms with Gasteiger partial charge < -0.3 is 0 Å². The first-order valence-corrected chi connectivity index (χ1v) is 21.9. The van der Waals surface area contributed by atoms with Crippen LogP contribution in [-0.4, -0.2) is 71.0 Å². The second kappa shape index (κ2) is 18.7. The summed E-state index contributed by atoms with van der Waals surface area (Å²) in [5.41, 5.74) is 0. The summed E-state index contributed by atoms with van der Waals surface area (Å²) in [7, 11) is 0. The van der Waals surface area contributed by atoms with Crippen LogP contribution in [0.4, 0.5) is 0 Å². The first-order chi connectivity index (χ1) is 14.7. The van der Waals surface area contributed by atoms with Crippen LogP contribution in [0, 0.1) is 0 Å². The predicted octanol–water partition coefficient (Wildman–Crippen LogP) is 9.71. The van der Waals surface area contributed by atoms with Crippen molar-refractivity contribution >= 4 is 141 Å². The molecule has 0 aliphatic carbocycles. The molecule has 0 fully saturated rings. The predicted molar refractivity (Wildman–Crippen MR) is 175 cm³/mol. The van der Waals surface area contributed by atoms with Crippen LogP contribution in [0.25, 0.3) is 0 Å². The van der Waals surface area contributed by atoms with Gasteiger partial charge in [0.1, 0.15) is 0 Å². The van der Waals surface area contributed by atoms with Gasteiger partial charge in [0, 0.05) is 46.0 Å². The summed E-state index contributed by atoms with van der Waals surface area (Å²) in [4.78, 5) is 0.